The second-order valence-corrected chi connectivity index (χ2v) is 14.4. The second-order valence-electron chi connectivity index (χ2n) is 11.7. The molecule has 1 amide bonds. The predicted molar refractivity (Wildman–Crippen MR) is 151 cm³/mol. The Morgan fingerprint density at radius 3 is 2.30 bits per heavy atom. The van der Waals surface area contributed by atoms with E-state index >= 15 is 0 Å². The van der Waals surface area contributed by atoms with E-state index in [4.69, 9.17) is 16.3 Å². The average Bonchev–Trinajstić information content (AvgIpc) is 3.27. The van der Waals surface area contributed by atoms with Crippen molar-refractivity contribution in [3.05, 3.63) is 34.5 Å². The highest BCUT2D eigenvalue weighted by atomic mass is 35.5. The standard InChI is InChI=1S/C28H35ClF5N3O6S/c1-3-37-23(21(29)22(36-37)24(38)35-15-26(39)10-8-18(9-11-26)44(2,41)42)19-5-4-17(14-20(19)43-25(30)31)27(40)12-6-16(7-13-27)28(32,33)34/h4-5,14,16,18,25,39-40H,3,6-13,15H2,1-2H3,(H,35,38)/t16-,18-,26+,27-. The molecule has 2 aliphatic rings. The van der Waals surface area contributed by atoms with E-state index in [1.165, 1.54) is 16.8 Å². The van der Waals surface area contributed by atoms with Gasteiger partial charge in [-0.25, -0.2) is 8.42 Å². The minimum atomic E-state index is -4.40. The van der Waals surface area contributed by atoms with Gasteiger partial charge in [-0.15, -0.1) is 0 Å². The van der Waals surface area contributed by atoms with Gasteiger partial charge >= 0.3 is 12.8 Å². The van der Waals surface area contributed by atoms with E-state index in [2.05, 4.69) is 10.4 Å². The molecule has 1 heterocycles. The number of hydrogen-bond acceptors (Lipinski definition) is 7. The molecule has 16 heteroatoms. The van der Waals surface area contributed by atoms with E-state index in [0.29, 0.717) is 0 Å². The summed E-state index contributed by atoms with van der Waals surface area (Å²) in [5.41, 5.74) is -3.12. The Hall–Kier alpha value is -2.49. The van der Waals surface area contributed by atoms with Crippen molar-refractivity contribution in [3.8, 4) is 17.0 Å². The molecule has 4 rings (SSSR count). The summed E-state index contributed by atoms with van der Waals surface area (Å²) in [5, 5.41) is 28.1. The first-order valence-electron chi connectivity index (χ1n) is 14.2. The van der Waals surface area contributed by atoms with Gasteiger partial charge in [0.2, 0.25) is 0 Å². The van der Waals surface area contributed by atoms with Crippen molar-refractivity contribution in [2.75, 3.05) is 12.8 Å². The molecule has 2 aliphatic carbocycles. The lowest BCUT2D eigenvalue weighted by atomic mass is 9.75. The first kappa shape index (κ1) is 34.4. The Labute approximate surface area is 256 Å². The number of sulfone groups is 1. The largest absolute Gasteiger partial charge is 0.434 e. The Kier molecular flexibility index (Phi) is 9.94. The van der Waals surface area contributed by atoms with Crippen LogP contribution in [0.15, 0.2) is 18.2 Å². The number of aryl methyl sites for hydroxylation is 1. The number of aromatic nitrogens is 2. The number of carbonyl (C=O) groups is 1. The number of alkyl halides is 5. The normalized spacial score (nSPS) is 26.5. The summed E-state index contributed by atoms with van der Waals surface area (Å²) < 4.78 is 96.2. The predicted octanol–water partition coefficient (Wildman–Crippen LogP) is 5.21. The topological polar surface area (TPSA) is 131 Å². The molecule has 2 saturated carbocycles. The molecule has 9 nitrogen and oxygen atoms in total. The number of hydrogen-bond donors (Lipinski definition) is 3. The van der Waals surface area contributed by atoms with Crippen LogP contribution < -0.4 is 10.1 Å². The van der Waals surface area contributed by atoms with Crippen LogP contribution in [0.2, 0.25) is 5.02 Å². The maximum Gasteiger partial charge on any atom is 0.391 e. The van der Waals surface area contributed by atoms with Crippen LogP contribution in [0.4, 0.5) is 22.0 Å². The lowest BCUT2D eigenvalue weighted by Gasteiger charge is -2.37. The van der Waals surface area contributed by atoms with E-state index in [0.717, 1.165) is 12.3 Å². The van der Waals surface area contributed by atoms with Crippen molar-refractivity contribution in [1.29, 1.82) is 0 Å². The molecular formula is C28H35ClF5N3O6S. The molecule has 3 N–H and O–H groups in total. The van der Waals surface area contributed by atoms with Crippen LogP contribution in [-0.4, -0.2) is 70.8 Å². The summed E-state index contributed by atoms with van der Waals surface area (Å²) in [6.07, 6.45) is -3.60. The quantitative estimate of drug-likeness (QED) is 0.312. The Morgan fingerprint density at radius 2 is 1.77 bits per heavy atom. The van der Waals surface area contributed by atoms with Gasteiger partial charge in [-0.1, -0.05) is 17.7 Å². The maximum atomic E-state index is 13.5. The molecule has 0 spiro atoms. The van der Waals surface area contributed by atoms with Crippen molar-refractivity contribution >= 4 is 27.3 Å². The van der Waals surface area contributed by atoms with Crippen LogP contribution in [0.3, 0.4) is 0 Å². The third kappa shape index (κ3) is 7.48. The molecule has 1 aromatic carbocycles. The number of rotatable bonds is 9. The van der Waals surface area contributed by atoms with E-state index in [-0.39, 0.29) is 92.0 Å². The maximum absolute atomic E-state index is 13.5. The lowest BCUT2D eigenvalue weighted by Crippen LogP contribution is -2.47. The van der Waals surface area contributed by atoms with Crippen molar-refractivity contribution in [1.82, 2.24) is 15.1 Å². The number of nitrogens with one attached hydrogen (secondary N) is 1. The zero-order valence-electron chi connectivity index (χ0n) is 24.1. The Balaban J connectivity index is 1.58. The summed E-state index contributed by atoms with van der Waals surface area (Å²) in [6, 6.07) is 3.87. The number of amides is 1. The molecule has 0 bridgehead atoms. The lowest BCUT2D eigenvalue weighted by molar-refractivity contribution is -0.193. The van der Waals surface area contributed by atoms with Crippen molar-refractivity contribution in [3.63, 3.8) is 0 Å². The molecular weight excluding hydrogens is 637 g/mol. The van der Waals surface area contributed by atoms with Gasteiger partial charge in [-0.05, 0) is 76.0 Å². The van der Waals surface area contributed by atoms with Gasteiger partial charge in [0.25, 0.3) is 5.91 Å². The monoisotopic (exact) mass is 671 g/mol. The van der Waals surface area contributed by atoms with Crippen molar-refractivity contribution in [2.45, 2.75) is 94.1 Å². The summed E-state index contributed by atoms with van der Waals surface area (Å²) in [4.78, 5) is 13.1. The van der Waals surface area contributed by atoms with Crippen LogP contribution in [0.1, 0.15) is 74.3 Å². The van der Waals surface area contributed by atoms with Crippen LogP contribution in [0.5, 0.6) is 5.75 Å². The van der Waals surface area contributed by atoms with Gasteiger partial charge in [0.15, 0.2) is 5.69 Å². The molecule has 2 fully saturated rings. The second kappa shape index (κ2) is 12.7. The fourth-order valence-electron chi connectivity index (χ4n) is 6.05. The van der Waals surface area contributed by atoms with Gasteiger partial charge in [-0.2, -0.15) is 27.1 Å². The molecule has 0 unspecified atom stereocenters. The highest BCUT2D eigenvalue weighted by molar-refractivity contribution is 7.91. The molecule has 1 aromatic heterocycles. The van der Waals surface area contributed by atoms with Gasteiger partial charge in [-0.3, -0.25) is 9.48 Å². The zero-order valence-corrected chi connectivity index (χ0v) is 25.7. The van der Waals surface area contributed by atoms with Gasteiger partial charge in [0.1, 0.15) is 15.6 Å². The van der Waals surface area contributed by atoms with Crippen LogP contribution in [-0.2, 0) is 22.0 Å². The Bertz CT molecular complexity index is 1470. The molecule has 0 saturated heterocycles. The fraction of sp³-hybridized carbons (Fsp3) is 0.643. The SMILES string of the molecule is CCn1nc(C(=O)NC[C@]2(O)CC[C@@H](S(C)(=O)=O)CC2)c(Cl)c1-c1ccc([C@]2(O)CC[C@H](C(F)(F)F)CC2)cc1OC(F)F. The van der Waals surface area contributed by atoms with E-state index in [9.17, 15) is 45.4 Å². The third-order valence-corrected chi connectivity index (χ3v) is 10.8. The van der Waals surface area contributed by atoms with E-state index in [1.807, 2.05) is 0 Å². The molecule has 2 aromatic rings. The van der Waals surface area contributed by atoms with Gasteiger partial charge < -0.3 is 20.3 Å². The summed E-state index contributed by atoms with van der Waals surface area (Å²) in [6.45, 7) is -1.67. The number of benzene rings is 1. The number of aliphatic hydroxyl groups is 2. The molecule has 246 valence electrons. The van der Waals surface area contributed by atoms with Crippen molar-refractivity contribution in [2.24, 2.45) is 5.92 Å². The van der Waals surface area contributed by atoms with Crippen LogP contribution in [0.25, 0.3) is 11.3 Å². The number of nitrogens with zero attached hydrogens (tertiary/aromatic N) is 2. The average molecular weight is 672 g/mol. The molecule has 44 heavy (non-hydrogen) atoms. The van der Waals surface area contributed by atoms with Crippen molar-refractivity contribution < 1.29 is 50.1 Å². The van der Waals surface area contributed by atoms with E-state index in [1.54, 1.807) is 6.92 Å². The summed E-state index contributed by atoms with van der Waals surface area (Å²) in [5.74, 6) is -2.74. The zero-order chi connectivity index (χ0) is 32.7. The minimum absolute atomic E-state index is 0.0118. The van der Waals surface area contributed by atoms with Crippen LogP contribution in [0, 0.1) is 5.92 Å². The summed E-state index contributed by atoms with van der Waals surface area (Å²) >= 11 is 6.57. The molecule has 0 aliphatic heterocycles. The number of ether oxygens (including phenoxy) is 1. The Morgan fingerprint density at radius 1 is 1.16 bits per heavy atom. The van der Waals surface area contributed by atoms with Crippen LogP contribution >= 0.6 is 11.6 Å². The highest BCUT2D eigenvalue weighted by Crippen LogP contribution is 2.47. The molecule has 0 atom stereocenters. The number of carbonyl (C=O) groups excluding carboxylic acids is 1. The smallest absolute Gasteiger partial charge is 0.391 e. The highest BCUT2D eigenvalue weighted by Gasteiger charge is 2.46. The first-order chi connectivity index (χ1) is 20.4. The summed E-state index contributed by atoms with van der Waals surface area (Å²) in [7, 11) is -3.26. The minimum Gasteiger partial charge on any atom is -0.434 e. The van der Waals surface area contributed by atoms with Gasteiger partial charge in [0.05, 0.1) is 33.1 Å². The fourth-order valence-corrected chi connectivity index (χ4v) is 7.46. The number of halogens is 6. The van der Waals surface area contributed by atoms with E-state index < -0.39 is 56.7 Å². The first-order valence-corrected chi connectivity index (χ1v) is 16.5. The molecule has 0 radical (unpaired) electrons. The van der Waals surface area contributed by atoms with Gasteiger partial charge in [0, 0.05) is 24.9 Å². The third-order valence-electron chi connectivity index (χ3n) is 8.72.